The highest BCUT2D eigenvalue weighted by Crippen LogP contribution is 2.38. The number of benzene rings is 2. The summed E-state index contributed by atoms with van der Waals surface area (Å²) in [5, 5.41) is 1.02. The zero-order valence-corrected chi connectivity index (χ0v) is 18.4. The second-order valence-electron chi connectivity index (χ2n) is 7.94. The van der Waals surface area contributed by atoms with Gasteiger partial charge in [0.2, 0.25) is 5.76 Å². The normalized spacial score (nSPS) is 18.9. The molecule has 7 nitrogen and oxygen atoms in total. The maximum atomic E-state index is 13.5. The molecule has 0 bridgehead atoms. The van der Waals surface area contributed by atoms with Crippen molar-refractivity contribution in [1.29, 1.82) is 0 Å². The molecule has 1 amide bonds. The number of methoxy groups -OCH3 is 1. The van der Waals surface area contributed by atoms with Crippen molar-refractivity contribution < 1.29 is 18.7 Å². The molecule has 5 rings (SSSR count). The molecule has 2 aromatic carbocycles. The number of hydrogen-bond acceptors (Lipinski definition) is 6. The summed E-state index contributed by atoms with van der Waals surface area (Å²) in [5.41, 5.74) is 1.33. The van der Waals surface area contributed by atoms with Crippen LogP contribution in [0.1, 0.15) is 27.7 Å². The van der Waals surface area contributed by atoms with Gasteiger partial charge in [-0.1, -0.05) is 23.7 Å². The molecule has 1 aromatic heterocycles. The number of amides is 1. The smallest absolute Gasteiger partial charge is 0.290 e. The van der Waals surface area contributed by atoms with Crippen molar-refractivity contribution in [2.24, 2.45) is 0 Å². The Morgan fingerprint density at radius 3 is 2.53 bits per heavy atom. The van der Waals surface area contributed by atoms with E-state index in [1.54, 1.807) is 42.3 Å². The van der Waals surface area contributed by atoms with E-state index in [0.29, 0.717) is 53.6 Å². The number of morpholine rings is 1. The molecule has 8 heteroatoms. The highest BCUT2D eigenvalue weighted by Gasteiger charge is 2.42. The fraction of sp³-hybridized carbons (Fsp3) is 0.333. The van der Waals surface area contributed by atoms with Crippen LogP contribution < -0.4 is 10.2 Å². The van der Waals surface area contributed by atoms with Crippen LogP contribution in [0.2, 0.25) is 5.02 Å². The molecular formula is C24H23ClN2O5. The third-order valence-electron chi connectivity index (χ3n) is 6.12. The van der Waals surface area contributed by atoms with E-state index in [4.69, 9.17) is 25.5 Å². The molecule has 0 spiro atoms. The van der Waals surface area contributed by atoms with Gasteiger partial charge >= 0.3 is 0 Å². The second-order valence-corrected chi connectivity index (χ2v) is 8.38. The van der Waals surface area contributed by atoms with Gasteiger partial charge in [-0.3, -0.25) is 14.5 Å². The summed E-state index contributed by atoms with van der Waals surface area (Å²) in [6.07, 6.45) is 0. The minimum absolute atomic E-state index is 0.0951. The first-order valence-electron chi connectivity index (χ1n) is 10.6. The van der Waals surface area contributed by atoms with Gasteiger partial charge in [0, 0.05) is 37.3 Å². The van der Waals surface area contributed by atoms with Crippen molar-refractivity contribution >= 4 is 28.5 Å². The van der Waals surface area contributed by atoms with Crippen LogP contribution in [0, 0.1) is 0 Å². The average molecular weight is 455 g/mol. The predicted molar refractivity (Wildman–Crippen MR) is 121 cm³/mol. The Morgan fingerprint density at radius 2 is 1.81 bits per heavy atom. The molecule has 2 aliphatic heterocycles. The second kappa shape index (κ2) is 8.58. The van der Waals surface area contributed by atoms with E-state index < -0.39 is 6.04 Å². The first-order chi connectivity index (χ1) is 15.6. The largest absolute Gasteiger partial charge is 0.497 e. The van der Waals surface area contributed by atoms with Crippen LogP contribution in [0.5, 0.6) is 5.75 Å². The van der Waals surface area contributed by atoms with E-state index in [1.807, 2.05) is 12.1 Å². The fourth-order valence-corrected chi connectivity index (χ4v) is 4.55. The minimum atomic E-state index is -0.529. The van der Waals surface area contributed by atoms with Crippen molar-refractivity contribution in [1.82, 2.24) is 9.80 Å². The lowest BCUT2D eigenvalue weighted by molar-refractivity contribution is 0.0314. The summed E-state index contributed by atoms with van der Waals surface area (Å²) >= 11 is 6.09. The van der Waals surface area contributed by atoms with Crippen molar-refractivity contribution in [3.05, 3.63) is 74.6 Å². The summed E-state index contributed by atoms with van der Waals surface area (Å²) in [6, 6.07) is 11.8. The van der Waals surface area contributed by atoms with Gasteiger partial charge in [-0.05, 0) is 29.8 Å². The van der Waals surface area contributed by atoms with Crippen LogP contribution in [0.3, 0.4) is 0 Å². The van der Waals surface area contributed by atoms with Gasteiger partial charge in [0.05, 0.1) is 37.3 Å². The Bertz CT molecular complexity index is 1220. The van der Waals surface area contributed by atoms with E-state index in [-0.39, 0.29) is 17.1 Å². The third kappa shape index (κ3) is 3.66. The van der Waals surface area contributed by atoms with Crippen LogP contribution in [-0.2, 0) is 4.74 Å². The molecule has 2 aliphatic rings. The molecule has 166 valence electrons. The van der Waals surface area contributed by atoms with Crippen LogP contribution in [-0.4, -0.2) is 62.2 Å². The quantitative estimate of drug-likeness (QED) is 0.589. The number of carbonyl (C=O) groups excluding carboxylic acids is 1. The minimum Gasteiger partial charge on any atom is -0.497 e. The van der Waals surface area contributed by atoms with Gasteiger partial charge in [-0.25, -0.2) is 0 Å². The molecule has 0 N–H and O–H groups in total. The molecular weight excluding hydrogens is 432 g/mol. The van der Waals surface area contributed by atoms with Gasteiger partial charge in [0.25, 0.3) is 5.91 Å². The molecule has 1 atom stereocenters. The number of ether oxygens (including phenoxy) is 2. The van der Waals surface area contributed by atoms with Gasteiger partial charge in [-0.2, -0.15) is 0 Å². The Morgan fingerprint density at radius 1 is 1.06 bits per heavy atom. The SMILES string of the molecule is COc1ccc2c(=O)c3c(oc2c1)C(=O)N(CCN1CCOCC1)C3c1ccc(Cl)cc1. The molecule has 3 heterocycles. The third-order valence-corrected chi connectivity index (χ3v) is 6.37. The van der Waals surface area contributed by atoms with Crippen molar-refractivity contribution in [3.8, 4) is 5.75 Å². The monoisotopic (exact) mass is 454 g/mol. The summed E-state index contributed by atoms with van der Waals surface area (Å²) in [7, 11) is 1.54. The molecule has 1 saturated heterocycles. The van der Waals surface area contributed by atoms with E-state index in [2.05, 4.69) is 4.90 Å². The van der Waals surface area contributed by atoms with Crippen LogP contribution in [0.25, 0.3) is 11.0 Å². The summed E-state index contributed by atoms with van der Waals surface area (Å²) in [5.74, 6) is 0.372. The Balaban J connectivity index is 1.60. The molecule has 1 fully saturated rings. The lowest BCUT2D eigenvalue weighted by atomic mass is 9.98. The maximum absolute atomic E-state index is 13.5. The van der Waals surface area contributed by atoms with E-state index in [0.717, 1.165) is 18.7 Å². The Labute approximate surface area is 190 Å². The maximum Gasteiger partial charge on any atom is 0.290 e. The van der Waals surface area contributed by atoms with Crippen molar-refractivity contribution in [3.63, 3.8) is 0 Å². The Hall–Kier alpha value is -2.87. The summed E-state index contributed by atoms with van der Waals surface area (Å²) in [4.78, 5) is 31.0. The molecule has 0 radical (unpaired) electrons. The first-order valence-corrected chi connectivity index (χ1v) is 11.0. The molecule has 32 heavy (non-hydrogen) atoms. The van der Waals surface area contributed by atoms with Crippen LogP contribution in [0.15, 0.2) is 51.7 Å². The van der Waals surface area contributed by atoms with Gasteiger partial charge in [-0.15, -0.1) is 0 Å². The first kappa shape index (κ1) is 21.0. The molecule has 1 unspecified atom stereocenters. The van der Waals surface area contributed by atoms with Crippen LogP contribution >= 0.6 is 11.6 Å². The van der Waals surface area contributed by atoms with Crippen LogP contribution in [0.4, 0.5) is 0 Å². The average Bonchev–Trinajstić information content (AvgIpc) is 3.10. The van der Waals surface area contributed by atoms with Crippen molar-refractivity contribution in [2.45, 2.75) is 6.04 Å². The number of carbonyl (C=O) groups is 1. The zero-order chi connectivity index (χ0) is 22.2. The number of halogens is 1. The number of rotatable bonds is 5. The summed E-state index contributed by atoms with van der Waals surface area (Å²) < 4.78 is 16.7. The van der Waals surface area contributed by atoms with E-state index in [1.165, 1.54) is 0 Å². The highest BCUT2D eigenvalue weighted by atomic mass is 35.5. The highest BCUT2D eigenvalue weighted by molar-refractivity contribution is 6.30. The van der Waals surface area contributed by atoms with Gasteiger partial charge in [0.1, 0.15) is 11.3 Å². The number of hydrogen-bond donors (Lipinski definition) is 0. The molecule has 3 aromatic rings. The lowest BCUT2D eigenvalue weighted by Gasteiger charge is -2.31. The molecule has 0 aliphatic carbocycles. The summed E-state index contributed by atoms with van der Waals surface area (Å²) in [6.45, 7) is 4.16. The zero-order valence-electron chi connectivity index (χ0n) is 17.7. The lowest BCUT2D eigenvalue weighted by Crippen LogP contribution is -2.42. The number of fused-ring (bicyclic) bond motifs is 2. The number of nitrogens with zero attached hydrogens (tertiary/aromatic N) is 2. The standard InChI is InChI=1S/C24H23ClN2O5/c1-30-17-6-7-18-19(14-17)32-23-20(22(18)28)21(15-2-4-16(25)5-3-15)27(24(23)29)9-8-26-10-12-31-13-11-26/h2-7,14,21H,8-13H2,1H3. The van der Waals surface area contributed by atoms with E-state index in [9.17, 15) is 9.59 Å². The molecule has 0 saturated carbocycles. The van der Waals surface area contributed by atoms with Crippen molar-refractivity contribution in [2.75, 3.05) is 46.5 Å². The predicted octanol–water partition coefficient (Wildman–Crippen LogP) is 3.33. The topological polar surface area (TPSA) is 72.2 Å². The fourth-order valence-electron chi connectivity index (χ4n) is 4.42. The Kier molecular flexibility index (Phi) is 5.63. The van der Waals surface area contributed by atoms with Gasteiger partial charge in [0.15, 0.2) is 5.43 Å². The van der Waals surface area contributed by atoms with Gasteiger partial charge < -0.3 is 18.8 Å². The van der Waals surface area contributed by atoms with E-state index >= 15 is 0 Å².